The zero-order chi connectivity index (χ0) is 18.6. The van der Waals surface area contributed by atoms with Crippen LogP contribution in [0.25, 0.3) is 0 Å². The standard InChI is InChI=1S/C21H22N2O2S/c1-17-8-6-7-9-18(17)16-22-19-12-14-21(15-13-19)26(24,25)23(2)20-10-4-3-5-11-20/h3-15,22H,16H2,1-2H3. The highest BCUT2D eigenvalue weighted by Crippen LogP contribution is 2.23. The van der Waals surface area contributed by atoms with E-state index in [1.54, 1.807) is 43.4 Å². The number of nitrogens with zero attached hydrogens (tertiary/aromatic N) is 1. The molecule has 4 nitrogen and oxygen atoms in total. The minimum Gasteiger partial charge on any atom is -0.381 e. The number of anilines is 2. The summed E-state index contributed by atoms with van der Waals surface area (Å²) >= 11 is 0. The van der Waals surface area contributed by atoms with E-state index < -0.39 is 10.0 Å². The Morgan fingerprint density at radius 3 is 2.12 bits per heavy atom. The Kier molecular flexibility index (Phi) is 5.28. The summed E-state index contributed by atoms with van der Waals surface area (Å²) in [6, 6.07) is 24.1. The van der Waals surface area contributed by atoms with E-state index in [0.29, 0.717) is 12.2 Å². The molecule has 0 amide bonds. The number of aryl methyl sites for hydroxylation is 1. The molecule has 134 valence electrons. The molecule has 5 heteroatoms. The second-order valence-corrected chi connectivity index (χ2v) is 8.08. The topological polar surface area (TPSA) is 49.4 Å². The number of benzene rings is 3. The molecule has 0 aliphatic carbocycles. The minimum atomic E-state index is -3.58. The Bertz CT molecular complexity index is 968. The molecule has 1 N–H and O–H groups in total. The highest BCUT2D eigenvalue weighted by atomic mass is 32.2. The first-order valence-corrected chi connectivity index (χ1v) is 9.85. The Morgan fingerprint density at radius 2 is 1.46 bits per heavy atom. The average molecular weight is 366 g/mol. The van der Waals surface area contributed by atoms with E-state index in [1.807, 2.05) is 30.3 Å². The van der Waals surface area contributed by atoms with Crippen LogP contribution in [-0.2, 0) is 16.6 Å². The van der Waals surface area contributed by atoms with Crippen molar-refractivity contribution in [3.63, 3.8) is 0 Å². The van der Waals surface area contributed by atoms with E-state index in [-0.39, 0.29) is 4.90 Å². The highest BCUT2D eigenvalue weighted by Gasteiger charge is 2.20. The molecule has 0 atom stereocenters. The third-order valence-electron chi connectivity index (χ3n) is 4.38. The number of para-hydroxylation sites is 1. The van der Waals surface area contributed by atoms with Gasteiger partial charge in [-0.25, -0.2) is 8.42 Å². The Balaban J connectivity index is 1.73. The molecule has 0 aliphatic rings. The number of rotatable bonds is 6. The fourth-order valence-corrected chi connectivity index (χ4v) is 3.88. The van der Waals surface area contributed by atoms with Gasteiger partial charge < -0.3 is 5.32 Å². The minimum absolute atomic E-state index is 0.269. The van der Waals surface area contributed by atoms with Crippen LogP contribution >= 0.6 is 0 Å². The van der Waals surface area contributed by atoms with Crippen LogP contribution in [0.2, 0.25) is 0 Å². The van der Waals surface area contributed by atoms with Gasteiger partial charge in [0.25, 0.3) is 10.0 Å². The predicted molar refractivity (Wildman–Crippen MR) is 107 cm³/mol. The maximum Gasteiger partial charge on any atom is 0.264 e. The van der Waals surface area contributed by atoms with Crippen molar-refractivity contribution < 1.29 is 8.42 Å². The van der Waals surface area contributed by atoms with Gasteiger partial charge in [-0.05, 0) is 54.4 Å². The van der Waals surface area contributed by atoms with Crippen LogP contribution in [0.5, 0.6) is 0 Å². The van der Waals surface area contributed by atoms with Crippen molar-refractivity contribution in [2.45, 2.75) is 18.4 Å². The first kappa shape index (κ1) is 18.0. The molecule has 0 bridgehead atoms. The summed E-state index contributed by atoms with van der Waals surface area (Å²) in [5.74, 6) is 0. The van der Waals surface area contributed by atoms with Gasteiger partial charge in [0.1, 0.15) is 0 Å². The van der Waals surface area contributed by atoms with Gasteiger partial charge in [-0.15, -0.1) is 0 Å². The van der Waals surface area contributed by atoms with Crippen LogP contribution in [0, 0.1) is 6.92 Å². The summed E-state index contributed by atoms with van der Waals surface area (Å²) in [4.78, 5) is 0.269. The number of hydrogen-bond acceptors (Lipinski definition) is 3. The highest BCUT2D eigenvalue weighted by molar-refractivity contribution is 7.92. The fraction of sp³-hybridized carbons (Fsp3) is 0.143. The Morgan fingerprint density at radius 1 is 0.846 bits per heavy atom. The number of hydrogen-bond donors (Lipinski definition) is 1. The maximum absolute atomic E-state index is 12.8. The van der Waals surface area contributed by atoms with Crippen molar-refractivity contribution in [1.82, 2.24) is 0 Å². The van der Waals surface area contributed by atoms with Crippen molar-refractivity contribution in [3.8, 4) is 0 Å². The summed E-state index contributed by atoms with van der Waals surface area (Å²) in [5, 5.41) is 3.33. The normalized spacial score (nSPS) is 11.2. The van der Waals surface area contributed by atoms with Gasteiger partial charge in [0.05, 0.1) is 10.6 Å². The van der Waals surface area contributed by atoms with E-state index in [0.717, 1.165) is 5.69 Å². The zero-order valence-corrected chi connectivity index (χ0v) is 15.7. The lowest BCUT2D eigenvalue weighted by molar-refractivity contribution is 0.594. The molecule has 26 heavy (non-hydrogen) atoms. The van der Waals surface area contributed by atoms with E-state index >= 15 is 0 Å². The summed E-state index contributed by atoms with van der Waals surface area (Å²) in [5.41, 5.74) is 3.96. The first-order chi connectivity index (χ1) is 12.5. The van der Waals surface area contributed by atoms with Crippen LogP contribution in [0.15, 0.2) is 83.8 Å². The molecule has 3 rings (SSSR count). The summed E-state index contributed by atoms with van der Waals surface area (Å²) in [6.45, 7) is 2.77. The van der Waals surface area contributed by atoms with Crippen LogP contribution < -0.4 is 9.62 Å². The molecule has 0 fully saturated rings. The van der Waals surface area contributed by atoms with Gasteiger partial charge in [0.15, 0.2) is 0 Å². The molecule has 0 spiro atoms. The molecule has 3 aromatic rings. The van der Waals surface area contributed by atoms with E-state index in [4.69, 9.17) is 0 Å². The lowest BCUT2D eigenvalue weighted by atomic mass is 10.1. The first-order valence-electron chi connectivity index (χ1n) is 8.41. The summed E-state index contributed by atoms with van der Waals surface area (Å²) in [7, 11) is -2.01. The van der Waals surface area contributed by atoms with Crippen LogP contribution in [0.1, 0.15) is 11.1 Å². The predicted octanol–water partition coefficient (Wildman–Crippen LogP) is 4.43. The molecule has 0 aromatic heterocycles. The molecule has 0 unspecified atom stereocenters. The Labute approximate surface area is 155 Å². The molecular formula is C21H22N2O2S. The monoisotopic (exact) mass is 366 g/mol. The van der Waals surface area contributed by atoms with Gasteiger partial charge in [-0.3, -0.25) is 4.31 Å². The van der Waals surface area contributed by atoms with Gasteiger partial charge in [0, 0.05) is 19.3 Å². The summed E-state index contributed by atoms with van der Waals surface area (Å²) in [6.07, 6.45) is 0. The van der Waals surface area contributed by atoms with Crippen molar-refractivity contribution in [1.29, 1.82) is 0 Å². The second-order valence-electron chi connectivity index (χ2n) is 6.11. The quantitative estimate of drug-likeness (QED) is 0.702. The van der Waals surface area contributed by atoms with Crippen molar-refractivity contribution in [2.24, 2.45) is 0 Å². The smallest absolute Gasteiger partial charge is 0.264 e. The van der Waals surface area contributed by atoms with E-state index in [9.17, 15) is 8.42 Å². The van der Waals surface area contributed by atoms with Crippen molar-refractivity contribution in [3.05, 3.63) is 90.0 Å². The Hall–Kier alpha value is -2.79. The summed E-state index contributed by atoms with van der Waals surface area (Å²) < 4.78 is 26.8. The SMILES string of the molecule is Cc1ccccc1CNc1ccc(S(=O)(=O)N(C)c2ccccc2)cc1. The van der Waals surface area contributed by atoms with Crippen molar-refractivity contribution >= 4 is 21.4 Å². The molecule has 0 heterocycles. The zero-order valence-electron chi connectivity index (χ0n) is 14.9. The second kappa shape index (κ2) is 7.62. The molecule has 0 saturated carbocycles. The molecule has 3 aromatic carbocycles. The largest absolute Gasteiger partial charge is 0.381 e. The van der Waals surface area contributed by atoms with Crippen molar-refractivity contribution in [2.75, 3.05) is 16.7 Å². The van der Waals surface area contributed by atoms with Gasteiger partial charge in [-0.2, -0.15) is 0 Å². The fourth-order valence-electron chi connectivity index (χ4n) is 2.69. The third-order valence-corrected chi connectivity index (χ3v) is 6.18. The molecule has 0 aliphatic heterocycles. The lowest BCUT2D eigenvalue weighted by Gasteiger charge is -2.19. The number of sulfonamides is 1. The van der Waals surface area contributed by atoms with Crippen LogP contribution in [-0.4, -0.2) is 15.5 Å². The third kappa shape index (κ3) is 3.89. The lowest BCUT2D eigenvalue weighted by Crippen LogP contribution is -2.26. The van der Waals surface area contributed by atoms with E-state index in [2.05, 4.69) is 24.4 Å². The van der Waals surface area contributed by atoms with E-state index in [1.165, 1.54) is 15.4 Å². The van der Waals surface area contributed by atoms with Gasteiger partial charge >= 0.3 is 0 Å². The average Bonchev–Trinajstić information content (AvgIpc) is 2.68. The maximum atomic E-state index is 12.8. The molecule has 0 saturated heterocycles. The molecule has 0 radical (unpaired) electrons. The van der Waals surface area contributed by atoms with Crippen LogP contribution in [0.3, 0.4) is 0 Å². The van der Waals surface area contributed by atoms with Crippen LogP contribution in [0.4, 0.5) is 11.4 Å². The number of nitrogens with one attached hydrogen (secondary N) is 1. The molecular weight excluding hydrogens is 344 g/mol. The van der Waals surface area contributed by atoms with Gasteiger partial charge in [-0.1, -0.05) is 42.5 Å². The van der Waals surface area contributed by atoms with Gasteiger partial charge in [0.2, 0.25) is 0 Å².